The van der Waals surface area contributed by atoms with Gasteiger partial charge in [-0.2, -0.15) is 0 Å². The smallest absolute Gasteiger partial charge is 0.0316 e. The van der Waals surface area contributed by atoms with Crippen molar-refractivity contribution in [2.45, 2.75) is 86.0 Å². The van der Waals surface area contributed by atoms with Gasteiger partial charge in [-0.05, 0) is 75.9 Å². The number of unbranched alkanes of at least 4 members (excludes halogenated alkanes) is 1. The third-order valence-corrected chi connectivity index (χ3v) is 5.40. The molecular weight excluding hydrogens is 266 g/mol. The molecule has 0 bridgehead atoms. The number of hydrogen-bond donors (Lipinski definition) is 1. The van der Waals surface area contributed by atoms with E-state index in [1.165, 1.54) is 67.2 Å². The molecule has 1 nitrogen and oxygen atoms in total. The number of allylic oxidation sites excluding steroid dienone is 3. The molecule has 0 amide bonds. The second-order valence-corrected chi connectivity index (χ2v) is 7.52. The van der Waals surface area contributed by atoms with Crippen molar-refractivity contribution < 1.29 is 0 Å². The van der Waals surface area contributed by atoms with E-state index >= 15 is 0 Å². The quantitative estimate of drug-likeness (QED) is 0.532. The van der Waals surface area contributed by atoms with Crippen LogP contribution in [0.5, 0.6) is 0 Å². The Morgan fingerprint density at radius 1 is 1.05 bits per heavy atom. The normalized spacial score (nSPS) is 24.6. The number of hydrogen-bond acceptors (Lipinski definition) is 1. The van der Waals surface area contributed by atoms with Crippen molar-refractivity contribution in [3.05, 3.63) is 34.6 Å². The van der Waals surface area contributed by atoms with Crippen LogP contribution in [0.3, 0.4) is 0 Å². The highest BCUT2D eigenvalue weighted by atomic mass is 14.6. The van der Waals surface area contributed by atoms with Gasteiger partial charge in [0.15, 0.2) is 0 Å². The Labute approximate surface area is 138 Å². The standard InChI is InChI=1S/C21H37N/c1-7-8-9-16(3)21(19(6)22)18(5)17(4)14-20-12-10-15(2)11-13-20/h15,20H,6-14,22H2,1-5H3/b18-17+,21-16-. The molecule has 0 aromatic heterocycles. The van der Waals surface area contributed by atoms with E-state index in [9.17, 15) is 0 Å². The van der Waals surface area contributed by atoms with Gasteiger partial charge in [-0.25, -0.2) is 0 Å². The largest absolute Gasteiger partial charge is 0.399 e. The van der Waals surface area contributed by atoms with E-state index in [-0.39, 0.29) is 0 Å². The molecule has 0 aromatic carbocycles. The molecule has 0 aliphatic heterocycles. The number of rotatable bonds is 7. The summed E-state index contributed by atoms with van der Waals surface area (Å²) >= 11 is 0. The van der Waals surface area contributed by atoms with Gasteiger partial charge < -0.3 is 5.73 Å². The fraction of sp³-hybridized carbons (Fsp3) is 0.714. The molecule has 1 saturated carbocycles. The molecule has 1 aliphatic carbocycles. The van der Waals surface area contributed by atoms with Crippen molar-refractivity contribution in [2.24, 2.45) is 17.6 Å². The van der Waals surface area contributed by atoms with Crippen molar-refractivity contribution in [3.63, 3.8) is 0 Å². The summed E-state index contributed by atoms with van der Waals surface area (Å²) in [6.07, 6.45) is 10.4. The van der Waals surface area contributed by atoms with Gasteiger partial charge >= 0.3 is 0 Å². The van der Waals surface area contributed by atoms with Crippen LogP contribution in [0.1, 0.15) is 86.0 Å². The third-order valence-electron chi connectivity index (χ3n) is 5.40. The summed E-state index contributed by atoms with van der Waals surface area (Å²) < 4.78 is 0. The Morgan fingerprint density at radius 2 is 1.64 bits per heavy atom. The third kappa shape index (κ3) is 5.66. The van der Waals surface area contributed by atoms with Crippen LogP contribution >= 0.6 is 0 Å². The van der Waals surface area contributed by atoms with Crippen LogP contribution < -0.4 is 5.73 Å². The van der Waals surface area contributed by atoms with Gasteiger partial charge in [-0.15, -0.1) is 0 Å². The molecule has 1 rings (SSSR count). The molecule has 0 radical (unpaired) electrons. The average Bonchev–Trinajstić information content (AvgIpc) is 2.47. The minimum Gasteiger partial charge on any atom is -0.399 e. The molecule has 1 fully saturated rings. The highest BCUT2D eigenvalue weighted by Crippen LogP contribution is 2.34. The predicted octanol–water partition coefficient (Wildman–Crippen LogP) is 6.52. The summed E-state index contributed by atoms with van der Waals surface area (Å²) in [6, 6.07) is 0. The summed E-state index contributed by atoms with van der Waals surface area (Å²) in [5.74, 6) is 1.80. The first-order chi connectivity index (χ1) is 10.4. The molecular formula is C21H37N. The molecule has 0 atom stereocenters. The maximum Gasteiger partial charge on any atom is 0.0316 e. The molecule has 126 valence electrons. The first-order valence-corrected chi connectivity index (χ1v) is 9.18. The van der Waals surface area contributed by atoms with Crippen molar-refractivity contribution in [1.29, 1.82) is 0 Å². The molecule has 0 saturated heterocycles. The zero-order valence-corrected chi connectivity index (χ0v) is 15.6. The number of nitrogens with two attached hydrogens (primary N) is 1. The maximum absolute atomic E-state index is 6.11. The molecule has 0 unspecified atom stereocenters. The van der Waals surface area contributed by atoms with Crippen molar-refractivity contribution >= 4 is 0 Å². The van der Waals surface area contributed by atoms with Gasteiger partial charge in [0.1, 0.15) is 0 Å². The van der Waals surface area contributed by atoms with Crippen LogP contribution in [0.25, 0.3) is 0 Å². The van der Waals surface area contributed by atoms with E-state index in [1.807, 2.05) is 0 Å². The lowest BCUT2D eigenvalue weighted by Crippen LogP contribution is -2.13. The highest BCUT2D eigenvalue weighted by Gasteiger charge is 2.19. The van der Waals surface area contributed by atoms with Gasteiger partial charge in [0.05, 0.1) is 0 Å². The van der Waals surface area contributed by atoms with Crippen LogP contribution in [0.4, 0.5) is 0 Å². The summed E-state index contributed by atoms with van der Waals surface area (Å²) in [7, 11) is 0. The molecule has 22 heavy (non-hydrogen) atoms. The Bertz CT molecular complexity index is 431. The molecule has 1 heteroatoms. The van der Waals surface area contributed by atoms with Crippen molar-refractivity contribution in [2.75, 3.05) is 0 Å². The Morgan fingerprint density at radius 3 is 2.14 bits per heavy atom. The van der Waals surface area contributed by atoms with Crippen LogP contribution in [-0.4, -0.2) is 0 Å². The second kappa shape index (κ2) is 9.22. The van der Waals surface area contributed by atoms with Gasteiger partial charge in [-0.1, -0.05) is 50.8 Å². The van der Waals surface area contributed by atoms with Crippen LogP contribution in [-0.2, 0) is 0 Å². The van der Waals surface area contributed by atoms with Crippen molar-refractivity contribution in [3.8, 4) is 0 Å². The Hall–Kier alpha value is -0.980. The van der Waals surface area contributed by atoms with Crippen LogP contribution in [0.2, 0.25) is 0 Å². The van der Waals surface area contributed by atoms with E-state index < -0.39 is 0 Å². The van der Waals surface area contributed by atoms with Gasteiger partial charge in [0, 0.05) is 5.70 Å². The molecule has 2 N–H and O–H groups in total. The Kier molecular flexibility index (Phi) is 8.00. The lowest BCUT2D eigenvalue weighted by molar-refractivity contribution is 0.288. The minimum absolute atomic E-state index is 0.739. The minimum atomic E-state index is 0.739. The molecule has 0 aromatic rings. The monoisotopic (exact) mass is 303 g/mol. The SMILES string of the molecule is C=C(N)C(=C(/C)CCCC)/C(C)=C(\C)CC1CCC(C)CC1. The summed E-state index contributed by atoms with van der Waals surface area (Å²) in [6.45, 7) is 15.4. The summed E-state index contributed by atoms with van der Waals surface area (Å²) in [5, 5.41) is 0. The van der Waals surface area contributed by atoms with Crippen molar-refractivity contribution in [1.82, 2.24) is 0 Å². The van der Waals surface area contributed by atoms with E-state index in [1.54, 1.807) is 0 Å². The van der Waals surface area contributed by atoms with Crippen LogP contribution in [0.15, 0.2) is 34.6 Å². The predicted molar refractivity (Wildman–Crippen MR) is 99.7 cm³/mol. The zero-order valence-electron chi connectivity index (χ0n) is 15.6. The Balaban J connectivity index is 2.86. The molecule has 1 aliphatic rings. The first kappa shape index (κ1) is 19.1. The topological polar surface area (TPSA) is 26.0 Å². The lowest BCUT2D eigenvalue weighted by Gasteiger charge is -2.27. The van der Waals surface area contributed by atoms with E-state index in [0.29, 0.717) is 0 Å². The summed E-state index contributed by atoms with van der Waals surface area (Å²) in [4.78, 5) is 0. The van der Waals surface area contributed by atoms with E-state index in [2.05, 4.69) is 41.2 Å². The van der Waals surface area contributed by atoms with E-state index in [4.69, 9.17) is 5.73 Å². The second-order valence-electron chi connectivity index (χ2n) is 7.52. The lowest BCUT2D eigenvalue weighted by atomic mass is 9.79. The maximum atomic E-state index is 6.11. The van der Waals surface area contributed by atoms with Crippen LogP contribution in [0, 0.1) is 11.8 Å². The fourth-order valence-electron chi connectivity index (χ4n) is 3.73. The molecule has 0 spiro atoms. The van der Waals surface area contributed by atoms with Gasteiger partial charge in [0.2, 0.25) is 0 Å². The zero-order chi connectivity index (χ0) is 16.7. The first-order valence-electron chi connectivity index (χ1n) is 9.18. The summed E-state index contributed by atoms with van der Waals surface area (Å²) in [5.41, 5.74) is 12.4. The molecule has 0 heterocycles. The van der Waals surface area contributed by atoms with Gasteiger partial charge in [0.25, 0.3) is 0 Å². The van der Waals surface area contributed by atoms with Gasteiger partial charge in [-0.3, -0.25) is 0 Å². The highest BCUT2D eigenvalue weighted by molar-refractivity contribution is 5.47. The fourth-order valence-corrected chi connectivity index (χ4v) is 3.73. The van der Waals surface area contributed by atoms with E-state index in [0.717, 1.165) is 24.0 Å². The average molecular weight is 304 g/mol.